The van der Waals surface area contributed by atoms with E-state index in [0.717, 1.165) is 31.4 Å². The number of nitrogens with one attached hydrogen (secondary N) is 1. The van der Waals surface area contributed by atoms with E-state index < -0.39 is 0 Å². The average molecular weight is 252 g/mol. The Balaban J connectivity index is 2.24. The third kappa shape index (κ3) is 5.19. The van der Waals surface area contributed by atoms with E-state index in [4.69, 9.17) is 0 Å². The number of likely N-dealkylation sites (N-methyl/N-ethyl adjacent to an activating group) is 1. The number of nitrogens with zero attached hydrogens (tertiary/aromatic N) is 3. The lowest BCUT2D eigenvalue weighted by atomic mass is 10.1. The van der Waals surface area contributed by atoms with Crippen LogP contribution in [0.5, 0.6) is 0 Å². The van der Waals surface area contributed by atoms with Gasteiger partial charge in [0.05, 0.1) is 6.54 Å². The van der Waals surface area contributed by atoms with Crippen molar-refractivity contribution in [2.24, 2.45) is 13.0 Å². The number of aromatic nitrogens is 2. The molecule has 1 rings (SSSR count). The van der Waals surface area contributed by atoms with Gasteiger partial charge in [-0.15, -0.1) is 0 Å². The summed E-state index contributed by atoms with van der Waals surface area (Å²) in [6.07, 6.45) is 5.10. The largest absolute Gasteiger partial charge is 0.337 e. The van der Waals surface area contributed by atoms with Crippen molar-refractivity contribution in [2.45, 2.75) is 39.8 Å². The molecule has 0 aliphatic heterocycles. The van der Waals surface area contributed by atoms with E-state index >= 15 is 0 Å². The molecule has 0 aliphatic rings. The molecule has 0 amide bonds. The Labute approximate surface area is 111 Å². The summed E-state index contributed by atoms with van der Waals surface area (Å²) in [5.74, 6) is 1.89. The maximum atomic E-state index is 4.36. The van der Waals surface area contributed by atoms with Crippen molar-refractivity contribution in [1.82, 2.24) is 19.8 Å². The summed E-state index contributed by atoms with van der Waals surface area (Å²) in [4.78, 5) is 6.70. The van der Waals surface area contributed by atoms with Gasteiger partial charge in [-0.05, 0) is 32.9 Å². The Bertz CT molecular complexity index is 332. The fourth-order valence-electron chi connectivity index (χ4n) is 1.79. The SMILES string of the molecule is CC(C)CCNCC(C)N(C)Cc1nccn1C. The predicted molar refractivity (Wildman–Crippen MR) is 76.5 cm³/mol. The zero-order chi connectivity index (χ0) is 13.5. The molecule has 1 unspecified atom stereocenters. The van der Waals surface area contributed by atoms with Gasteiger partial charge >= 0.3 is 0 Å². The molecule has 0 bridgehead atoms. The van der Waals surface area contributed by atoms with E-state index in [1.54, 1.807) is 0 Å². The van der Waals surface area contributed by atoms with E-state index in [1.165, 1.54) is 6.42 Å². The van der Waals surface area contributed by atoms with E-state index in [0.29, 0.717) is 6.04 Å². The highest BCUT2D eigenvalue weighted by molar-refractivity contribution is 4.91. The molecular weight excluding hydrogens is 224 g/mol. The monoisotopic (exact) mass is 252 g/mol. The smallest absolute Gasteiger partial charge is 0.122 e. The molecule has 1 atom stereocenters. The number of aryl methyl sites for hydroxylation is 1. The first-order chi connectivity index (χ1) is 8.50. The molecule has 18 heavy (non-hydrogen) atoms. The number of rotatable bonds is 8. The van der Waals surface area contributed by atoms with Crippen molar-refractivity contribution in [3.8, 4) is 0 Å². The molecule has 1 aromatic rings. The summed E-state index contributed by atoms with van der Waals surface area (Å²) in [7, 11) is 4.20. The first kappa shape index (κ1) is 15.2. The molecule has 0 saturated heterocycles. The molecule has 4 nitrogen and oxygen atoms in total. The van der Waals surface area contributed by atoms with Gasteiger partial charge in [-0.1, -0.05) is 13.8 Å². The molecule has 4 heteroatoms. The lowest BCUT2D eigenvalue weighted by molar-refractivity contribution is 0.234. The Morgan fingerprint density at radius 2 is 2.11 bits per heavy atom. The van der Waals surface area contributed by atoms with Crippen LogP contribution in [0.1, 0.15) is 33.0 Å². The van der Waals surface area contributed by atoms with Gasteiger partial charge in [0.15, 0.2) is 0 Å². The van der Waals surface area contributed by atoms with E-state index in [1.807, 2.05) is 19.4 Å². The Kier molecular flexibility index (Phi) is 6.36. The fourth-order valence-corrected chi connectivity index (χ4v) is 1.79. The van der Waals surface area contributed by atoms with Crippen LogP contribution >= 0.6 is 0 Å². The minimum Gasteiger partial charge on any atom is -0.337 e. The zero-order valence-corrected chi connectivity index (χ0v) is 12.5. The summed E-state index contributed by atoms with van der Waals surface area (Å²) in [5.41, 5.74) is 0. The van der Waals surface area contributed by atoms with Crippen molar-refractivity contribution >= 4 is 0 Å². The summed E-state index contributed by atoms with van der Waals surface area (Å²) in [6, 6.07) is 0.522. The third-order valence-electron chi connectivity index (χ3n) is 3.40. The second-order valence-electron chi connectivity index (χ2n) is 5.61. The normalized spacial score (nSPS) is 13.5. The lowest BCUT2D eigenvalue weighted by Gasteiger charge is -2.24. The average Bonchev–Trinajstić information content (AvgIpc) is 2.70. The molecule has 0 fully saturated rings. The van der Waals surface area contributed by atoms with Crippen molar-refractivity contribution < 1.29 is 0 Å². The summed E-state index contributed by atoms with van der Waals surface area (Å²) < 4.78 is 2.08. The van der Waals surface area contributed by atoms with Crippen LogP contribution in [0.4, 0.5) is 0 Å². The molecule has 0 spiro atoms. The van der Waals surface area contributed by atoms with Crippen LogP contribution in [0.15, 0.2) is 12.4 Å². The molecule has 1 N–H and O–H groups in total. The summed E-state index contributed by atoms with van der Waals surface area (Å²) in [5, 5.41) is 3.52. The lowest BCUT2D eigenvalue weighted by Crippen LogP contribution is -2.38. The molecule has 1 aromatic heterocycles. The Hall–Kier alpha value is -0.870. The topological polar surface area (TPSA) is 33.1 Å². The fraction of sp³-hybridized carbons (Fsp3) is 0.786. The molecule has 104 valence electrons. The van der Waals surface area contributed by atoms with Crippen LogP contribution in [0.25, 0.3) is 0 Å². The van der Waals surface area contributed by atoms with Crippen LogP contribution in [0.3, 0.4) is 0 Å². The minimum absolute atomic E-state index is 0.522. The van der Waals surface area contributed by atoms with Gasteiger partial charge in [-0.2, -0.15) is 0 Å². The maximum Gasteiger partial charge on any atom is 0.122 e. The van der Waals surface area contributed by atoms with Gasteiger partial charge in [0.2, 0.25) is 0 Å². The van der Waals surface area contributed by atoms with Gasteiger partial charge in [-0.25, -0.2) is 4.98 Å². The van der Waals surface area contributed by atoms with E-state index in [-0.39, 0.29) is 0 Å². The maximum absolute atomic E-state index is 4.36. The van der Waals surface area contributed by atoms with Crippen LogP contribution < -0.4 is 5.32 Å². The first-order valence-corrected chi connectivity index (χ1v) is 6.88. The molecule has 1 heterocycles. The van der Waals surface area contributed by atoms with E-state index in [2.05, 4.69) is 47.6 Å². The third-order valence-corrected chi connectivity index (χ3v) is 3.40. The minimum atomic E-state index is 0.522. The molecule has 0 aliphatic carbocycles. The van der Waals surface area contributed by atoms with Gasteiger partial charge in [-0.3, -0.25) is 4.90 Å². The quantitative estimate of drug-likeness (QED) is 0.717. The van der Waals surface area contributed by atoms with Crippen molar-refractivity contribution in [3.05, 3.63) is 18.2 Å². The number of hydrogen-bond acceptors (Lipinski definition) is 3. The molecule has 0 aromatic carbocycles. The van der Waals surface area contributed by atoms with Crippen molar-refractivity contribution in [2.75, 3.05) is 20.1 Å². The summed E-state index contributed by atoms with van der Waals surface area (Å²) >= 11 is 0. The second-order valence-corrected chi connectivity index (χ2v) is 5.61. The Morgan fingerprint density at radius 3 is 2.67 bits per heavy atom. The van der Waals surface area contributed by atoms with Crippen molar-refractivity contribution in [3.63, 3.8) is 0 Å². The van der Waals surface area contributed by atoms with Crippen molar-refractivity contribution in [1.29, 1.82) is 0 Å². The van der Waals surface area contributed by atoms with E-state index in [9.17, 15) is 0 Å². The zero-order valence-electron chi connectivity index (χ0n) is 12.5. The molecular formula is C14H28N4. The van der Waals surface area contributed by atoms with Gasteiger partial charge < -0.3 is 9.88 Å². The number of imidazole rings is 1. The standard InChI is InChI=1S/C14H28N4/c1-12(2)6-7-15-10-13(3)18(5)11-14-16-8-9-17(14)4/h8-9,12-13,15H,6-7,10-11H2,1-5H3. The Morgan fingerprint density at radius 1 is 1.39 bits per heavy atom. The van der Waals surface area contributed by atoms with Gasteiger partial charge in [0.1, 0.15) is 5.82 Å². The summed E-state index contributed by atoms with van der Waals surface area (Å²) in [6.45, 7) is 9.82. The first-order valence-electron chi connectivity index (χ1n) is 6.88. The highest BCUT2D eigenvalue weighted by Crippen LogP contribution is 2.03. The molecule has 0 radical (unpaired) electrons. The highest BCUT2D eigenvalue weighted by Gasteiger charge is 2.11. The van der Waals surface area contributed by atoms with Crippen LogP contribution in [-0.4, -0.2) is 40.6 Å². The number of hydrogen-bond donors (Lipinski definition) is 1. The van der Waals surface area contributed by atoms with Gasteiger partial charge in [0.25, 0.3) is 0 Å². The molecule has 0 saturated carbocycles. The predicted octanol–water partition coefficient (Wildman–Crippen LogP) is 1.88. The van der Waals surface area contributed by atoms with Gasteiger partial charge in [0, 0.05) is 32.0 Å². The van der Waals surface area contributed by atoms with Crippen LogP contribution in [0.2, 0.25) is 0 Å². The van der Waals surface area contributed by atoms with Crippen LogP contribution in [-0.2, 0) is 13.6 Å². The van der Waals surface area contributed by atoms with Crippen LogP contribution in [0, 0.1) is 5.92 Å². The highest BCUT2D eigenvalue weighted by atomic mass is 15.2. The second kappa shape index (κ2) is 7.54.